The maximum Gasteiger partial charge on any atom is 0.255 e. The Morgan fingerprint density at radius 3 is 2.53 bits per heavy atom. The van der Waals surface area contributed by atoms with Crippen molar-refractivity contribution in [3.8, 4) is 6.07 Å². The first kappa shape index (κ1) is 13.2. The second-order valence-corrected chi connectivity index (χ2v) is 4.66. The predicted octanol–water partition coefficient (Wildman–Crippen LogP) is 3.41. The molecule has 0 spiro atoms. The largest absolute Gasteiger partial charge is 0.322 e. The van der Waals surface area contributed by atoms with Crippen molar-refractivity contribution >= 4 is 24.2 Å². The van der Waals surface area contributed by atoms with E-state index in [1.165, 1.54) is 0 Å². The third kappa shape index (κ3) is 3.15. The number of rotatable bonds is 2. The summed E-state index contributed by atoms with van der Waals surface area (Å²) in [5, 5.41) is 11.7. The highest BCUT2D eigenvalue weighted by atomic mass is 32.1. The van der Waals surface area contributed by atoms with E-state index in [0.29, 0.717) is 16.8 Å². The van der Waals surface area contributed by atoms with Crippen molar-refractivity contribution < 1.29 is 4.79 Å². The number of hydrogen-bond acceptors (Lipinski definition) is 3. The summed E-state index contributed by atoms with van der Waals surface area (Å²) in [4.78, 5) is 12.9. The average molecular weight is 268 g/mol. The van der Waals surface area contributed by atoms with E-state index in [-0.39, 0.29) is 5.91 Å². The van der Waals surface area contributed by atoms with Crippen LogP contribution in [0.25, 0.3) is 0 Å². The lowest BCUT2D eigenvalue weighted by atomic mass is 10.1. The van der Waals surface area contributed by atoms with Crippen molar-refractivity contribution in [3.63, 3.8) is 0 Å². The van der Waals surface area contributed by atoms with Crippen LogP contribution in [0.3, 0.4) is 0 Å². The SMILES string of the molecule is Cc1ccc(C#N)cc1NC(=O)c1ccc(S)cc1. The molecule has 1 N–H and O–H groups in total. The lowest BCUT2D eigenvalue weighted by Gasteiger charge is -2.08. The van der Waals surface area contributed by atoms with E-state index in [4.69, 9.17) is 5.26 Å². The van der Waals surface area contributed by atoms with Gasteiger partial charge in [0.1, 0.15) is 0 Å². The van der Waals surface area contributed by atoms with Crippen LogP contribution >= 0.6 is 12.6 Å². The second-order valence-electron chi connectivity index (χ2n) is 4.14. The summed E-state index contributed by atoms with van der Waals surface area (Å²) >= 11 is 4.17. The zero-order valence-corrected chi connectivity index (χ0v) is 11.2. The standard InChI is InChI=1S/C15H12N2OS/c1-10-2-3-11(9-16)8-14(10)17-15(18)12-4-6-13(19)7-5-12/h2-8,19H,1H3,(H,17,18). The zero-order valence-electron chi connectivity index (χ0n) is 10.3. The molecule has 3 nitrogen and oxygen atoms in total. The normalized spacial score (nSPS) is 9.74. The van der Waals surface area contributed by atoms with Gasteiger partial charge >= 0.3 is 0 Å². The number of amides is 1. The maximum atomic E-state index is 12.1. The molecule has 0 saturated carbocycles. The fourth-order valence-corrected chi connectivity index (χ4v) is 1.78. The van der Waals surface area contributed by atoms with Gasteiger partial charge in [0.05, 0.1) is 11.6 Å². The minimum absolute atomic E-state index is 0.202. The van der Waals surface area contributed by atoms with Gasteiger partial charge in [0.15, 0.2) is 0 Å². The Labute approximate surface area is 117 Å². The molecule has 0 heterocycles. The molecule has 0 bridgehead atoms. The topological polar surface area (TPSA) is 52.9 Å². The van der Waals surface area contributed by atoms with E-state index in [0.717, 1.165) is 10.5 Å². The molecule has 94 valence electrons. The molecule has 0 saturated heterocycles. The summed E-state index contributed by atoms with van der Waals surface area (Å²) < 4.78 is 0. The lowest BCUT2D eigenvalue weighted by molar-refractivity contribution is 0.102. The van der Waals surface area contributed by atoms with Crippen molar-refractivity contribution in [1.82, 2.24) is 0 Å². The second kappa shape index (κ2) is 5.59. The van der Waals surface area contributed by atoms with Gasteiger partial charge in [0.25, 0.3) is 5.91 Å². The van der Waals surface area contributed by atoms with Crippen LogP contribution in [0.1, 0.15) is 21.5 Å². The van der Waals surface area contributed by atoms with Gasteiger partial charge in [-0.15, -0.1) is 12.6 Å². The van der Waals surface area contributed by atoms with Gasteiger partial charge in [0.2, 0.25) is 0 Å². The minimum atomic E-state index is -0.202. The summed E-state index contributed by atoms with van der Waals surface area (Å²) in [6, 6.07) is 14.2. The molecule has 2 aromatic rings. The van der Waals surface area contributed by atoms with E-state index in [9.17, 15) is 4.79 Å². The summed E-state index contributed by atoms with van der Waals surface area (Å²) in [6.45, 7) is 1.88. The van der Waals surface area contributed by atoms with E-state index in [2.05, 4.69) is 24.0 Å². The smallest absolute Gasteiger partial charge is 0.255 e. The molecule has 0 aromatic heterocycles. The fourth-order valence-electron chi connectivity index (χ4n) is 1.63. The highest BCUT2D eigenvalue weighted by molar-refractivity contribution is 7.80. The van der Waals surface area contributed by atoms with Crippen LogP contribution < -0.4 is 5.32 Å². The summed E-state index contributed by atoms with van der Waals surface area (Å²) in [5.41, 5.74) is 2.64. The molecule has 0 unspecified atom stereocenters. The van der Waals surface area contributed by atoms with Crippen LogP contribution in [0, 0.1) is 18.3 Å². The van der Waals surface area contributed by atoms with Crippen LogP contribution in [0.15, 0.2) is 47.4 Å². The number of thiol groups is 1. The molecule has 0 radical (unpaired) electrons. The number of carbonyl (C=O) groups is 1. The van der Waals surface area contributed by atoms with Crippen LogP contribution in [0.5, 0.6) is 0 Å². The molecule has 19 heavy (non-hydrogen) atoms. The average Bonchev–Trinajstić information content (AvgIpc) is 2.42. The molecule has 1 amide bonds. The maximum absolute atomic E-state index is 12.1. The Morgan fingerprint density at radius 1 is 1.21 bits per heavy atom. The molecule has 4 heteroatoms. The number of aryl methyl sites for hydroxylation is 1. The summed E-state index contributed by atoms with van der Waals surface area (Å²) in [7, 11) is 0. The number of anilines is 1. The Bertz CT molecular complexity index is 657. The molecular weight excluding hydrogens is 256 g/mol. The van der Waals surface area contributed by atoms with E-state index in [1.807, 2.05) is 13.0 Å². The number of benzene rings is 2. The molecule has 0 aliphatic rings. The number of nitrogens with one attached hydrogen (secondary N) is 1. The van der Waals surface area contributed by atoms with E-state index < -0.39 is 0 Å². The minimum Gasteiger partial charge on any atom is -0.322 e. The van der Waals surface area contributed by atoms with Gasteiger partial charge in [-0.05, 0) is 48.9 Å². The van der Waals surface area contributed by atoms with Crippen molar-refractivity contribution in [3.05, 3.63) is 59.2 Å². The fraction of sp³-hybridized carbons (Fsp3) is 0.0667. The first-order valence-corrected chi connectivity index (χ1v) is 6.16. The predicted molar refractivity (Wildman–Crippen MR) is 77.5 cm³/mol. The number of nitrogens with zero attached hydrogens (tertiary/aromatic N) is 1. The molecule has 0 aliphatic carbocycles. The molecule has 0 atom stereocenters. The van der Waals surface area contributed by atoms with Gasteiger partial charge in [-0.1, -0.05) is 6.07 Å². The molecular formula is C15H12N2OS. The monoisotopic (exact) mass is 268 g/mol. The molecule has 0 aliphatic heterocycles. The highest BCUT2D eigenvalue weighted by Gasteiger charge is 2.08. The highest BCUT2D eigenvalue weighted by Crippen LogP contribution is 2.18. The number of nitriles is 1. The third-order valence-corrected chi connectivity index (χ3v) is 3.04. The quantitative estimate of drug-likeness (QED) is 0.820. The van der Waals surface area contributed by atoms with Crippen molar-refractivity contribution in [2.45, 2.75) is 11.8 Å². The summed E-state index contributed by atoms with van der Waals surface area (Å²) in [6.07, 6.45) is 0. The Morgan fingerprint density at radius 2 is 1.89 bits per heavy atom. The van der Waals surface area contributed by atoms with Crippen molar-refractivity contribution in [2.24, 2.45) is 0 Å². The lowest BCUT2D eigenvalue weighted by Crippen LogP contribution is -2.12. The van der Waals surface area contributed by atoms with Gasteiger partial charge in [-0.2, -0.15) is 5.26 Å². The van der Waals surface area contributed by atoms with Gasteiger partial charge in [0, 0.05) is 16.1 Å². The summed E-state index contributed by atoms with van der Waals surface area (Å²) in [5.74, 6) is -0.202. The van der Waals surface area contributed by atoms with Gasteiger partial charge in [-0.25, -0.2) is 0 Å². The third-order valence-electron chi connectivity index (χ3n) is 2.74. The molecule has 2 rings (SSSR count). The van der Waals surface area contributed by atoms with E-state index in [1.54, 1.807) is 36.4 Å². The number of hydrogen-bond donors (Lipinski definition) is 2. The molecule has 0 fully saturated rings. The van der Waals surface area contributed by atoms with Crippen LogP contribution in [-0.2, 0) is 0 Å². The van der Waals surface area contributed by atoms with Gasteiger partial charge in [-0.3, -0.25) is 4.79 Å². The first-order chi connectivity index (χ1) is 9.10. The first-order valence-electron chi connectivity index (χ1n) is 5.71. The van der Waals surface area contributed by atoms with Crippen molar-refractivity contribution in [1.29, 1.82) is 5.26 Å². The van der Waals surface area contributed by atoms with Crippen LogP contribution in [-0.4, -0.2) is 5.91 Å². The van der Waals surface area contributed by atoms with E-state index >= 15 is 0 Å². The van der Waals surface area contributed by atoms with Crippen LogP contribution in [0.4, 0.5) is 5.69 Å². The number of carbonyl (C=O) groups excluding carboxylic acids is 1. The Kier molecular flexibility index (Phi) is 3.88. The Hall–Kier alpha value is -2.25. The van der Waals surface area contributed by atoms with Crippen LogP contribution in [0.2, 0.25) is 0 Å². The Balaban J connectivity index is 2.24. The zero-order chi connectivity index (χ0) is 13.8. The molecule has 2 aromatic carbocycles. The van der Waals surface area contributed by atoms with Gasteiger partial charge < -0.3 is 5.32 Å². The van der Waals surface area contributed by atoms with Crippen molar-refractivity contribution in [2.75, 3.05) is 5.32 Å².